The van der Waals surface area contributed by atoms with Crippen LogP contribution < -0.4 is 20.7 Å². The molecule has 0 aromatic heterocycles. The van der Waals surface area contributed by atoms with Crippen LogP contribution in [0, 0.1) is 18.6 Å². The first kappa shape index (κ1) is 18.6. The van der Waals surface area contributed by atoms with Crippen molar-refractivity contribution in [3.63, 3.8) is 0 Å². The van der Waals surface area contributed by atoms with Crippen molar-refractivity contribution in [3.8, 4) is 5.75 Å². The lowest BCUT2D eigenvalue weighted by Crippen LogP contribution is -2.45. The predicted octanol–water partition coefficient (Wildman–Crippen LogP) is 2.69. The van der Waals surface area contributed by atoms with E-state index in [4.69, 9.17) is 4.74 Å². The Kier molecular flexibility index (Phi) is 5.25. The van der Waals surface area contributed by atoms with Gasteiger partial charge in [0.15, 0.2) is 0 Å². The molecule has 1 aliphatic heterocycles. The number of halogens is 2. The molecular formula is C19H19F2N3O3. The van der Waals surface area contributed by atoms with Crippen molar-refractivity contribution in [2.75, 3.05) is 19.0 Å². The molecule has 2 aromatic rings. The average molecular weight is 375 g/mol. The van der Waals surface area contributed by atoms with Crippen molar-refractivity contribution >= 4 is 17.6 Å². The lowest BCUT2D eigenvalue weighted by Gasteiger charge is -2.20. The van der Waals surface area contributed by atoms with Gasteiger partial charge < -0.3 is 20.7 Å². The number of methoxy groups -OCH3 is 1. The fraction of sp³-hybridized carbons (Fsp3) is 0.263. The quantitative estimate of drug-likeness (QED) is 0.769. The summed E-state index contributed by atoms with van der Waals surface area (Å²) in [6, 6.07) is 7.42. The van der Waals surface area contributed by atoms with Crippen molar-refractivity contribution < 1.29 is 23.1 Å². The Morgan fingerprint density at radius 2 is 1.81 bits per heavy atom. The van der Waals surface area contributed by atoms with Crippen LogP contribution in [-0.2, 0) is 4.79 Å². The summed E-state index contributed by atoms with van der Waals surface area (Å²) in [6.45, 7) is 1.92. The van der Waals surface area contributed by atoms with E-state index < -0.39 is 35.5 Å². The molecule has 2 atom stereocenters. The second-order valence-corrected chi connectivity index (χ2v) is 6.30. The molecule has 1 saturated heterocycles. The number of hydrogen-bond donors (Lipinski definition) is 3. The van der Waals surface area contributed by atoms with Crippen molar-refractivity contribution in [2.24, 2.45) is 0 Å². The Balaban J connectivity index is 1.78. The van der Waals surface area contributed by atoms with Gasteiger partial charge in [-0.3, -0.25) is 4.79 Å². The number of carbonyl (C=O) groups excluding carboxylic acids is 2. The van der Waals surface area contributed by atoms with Crippen molar-refractivity contribution in [1.82, 2.24) is 10.6 Å². The summed E-state index contributed by atoms with van der Waals surface area (Å²) < 4.78 is 33.6. The number of ether oxygens (including phenoxy) is 1. The van der Waals surface area contributed by atoms with E-state index in [9.17, 15) is 18.4 Å². The summed E-state index contributed by atoms with van der Waals surface area (Å²) >= 11 is 0. The number of amides is 3. The topological polar surface area (TPSA) is 79.5 Å². The van der Waals surface area contributed by atoms with E-state index in [1.807, 2.05) is 19.1 Å². The first-order valence-electron chi connectivity index (χ1n) is 8.34. The second kappa shape index (κ2) is 7.61. The number of hydrogen-bond acceptors (Lipinski definition) is 3. The van der Waals surface area contributed by atoms with E-state index in [1.54, 1.807) is 12.1 Å². The van der Waals surface area contributed by atoms with Crippen LogP contribution in [0.25, 0.3) is 0 Å². The minimum atomic E-state index is -1.10. The highest BCUT2D eigenvalue weighted by Crippen LogP contribution is 2.31. The van der Waals surface area contributed by atoms with E-state index in [0.717, 1.165) is 17.7 Å². The van der Waals surface area contributed by atoms with Gasteiger partial charge in [-0.1, -0.05) is 17.7 Å². The molecule has 0 saturated carbocycles. The van der Waals surface area contributed by atoms with Gasteiger partial charge in [-0.25, -0.2) is 13.6 Å². The minimum absolute atomic E-state index is 0.00841. The number of carbonyl (C=O) groups is 2. The number of anilines is 1. The SMILES string of the molecule is COc1cc(F)c(C2CNC(=O)[C@@H]2NC(=O)Nc2ccc(C)cc2)c(F)c1. The van der Waals surface area contributed by atoms with Crippen LogP contribution in [0.4, 0.5) is 19.3 Å². The normalized spacial score (nSPS) is 18.7. The van der Waals surface area contributed by atoms with Gasteiger partial charge >= 0.3 is 6.03 Å². The van der Waals surface area contributed by atoms with Crippen LogP contribution in [0.15, 0.2) is 36.4 Å². The van der Waals surface area contributed by atoms with Crippen molar-refractivity contribution in [3.05, 3.63) is 59.2 Å². The molecule has 3 N–H and O–H groups in total. The standard InChI is InChI=1S/C19H19F2N3O3/c1-10-3-5-11(6-4-10)23-19(26)24-17-13(9-22-18(17)25)16-14(20)7-12(27-2)8-15(16)21/h3-8,13,17H,9H2,1-2H3,(H,22,25)(H2,23,24,26)/t13?,17-/m1/s1. The summed E-state index contributed by atoms with van der Waals surface area (Å²) in [5.74, 6) is -3.02. The molecule has 142 valence electrons. The minimum Gasteiger partial charge on any atom is -0.497 e. The Bertz CT molecular complexity index is 848. The molecule has 3 rings (SSSR count). The molecule has 2 aromatic carbocycles. The van der Waals surface area contributed by atoms with E-state index in [0.29, 0.717) is 5.69 Å². The summed E-state index contributed by atoms with van der Waals surface area (Å²) in [5, 5.41) is 7.63. The van der Waals surface area contributed by atoms with Gasteiger partial charge in [-0.2, -0.15) is 0 Å². The van der Waals surface area contributed by atoms with Gasteiger partial charge in [0, 0.05) is 35.8 Å². The van der Waals surface area contributed by atoms with Crippen LogP contribution in [0.3, 0.4) is 0 Å². The van der Waals surface area contributed by atoms with Crippen molar-refractivity contribution in [1.29, 1.82) is 0 Å². The first-order valence-corrected chi connectivity index (χ1v) is 8.34. The van der Waals surface area contributed by atoms with Crippen molar-refractivity contribution in [2.45, 2.75) is 18.9 Å². The van der Waals surface area contributed by atoms with Gasteiger partial charge in [0.05, 0.1) is 7.11 Å². The Morgan fingerprint density at radius 3 is 2.41 bits per heavy atom. The third kappa shape index (κ3) is 3.99. The molecule has 1 unspecified atom stereocenters. The Labute approximate surface area is 154 Å². The molecule has 0 bridgehead atoms. The van der Waals surface area contributed by atoms with Gasteiger partial charge in [0.1, 0.15) is 23.4 Å². The molecule has 8 heteroatoms. The molecule has 0 radical (unpaired) electrons. The zero-order chi connectivity index (χ0) is 19.6. The van der Waals surface area contributed by atoms with E-state index in [1.165, 1.54) is 7.11 Å². The largest absolute Gasteiger partial charge is 0.497 e. The van der Waals surface area contributed by atoms with Crippen LogP contribution in [0.1, 0.15) is 17.0 Å². The van der Waals surface area contributed by atoms with E-state index in [-0.39, 0.29) is 17.9 Å². The number of urea groups is 1. The molecule has 6 nitrogen and oxygen atoms in total. The fourth-order valence-electron chi connectivity index (χ4n) is 3.03. The highest BCUT2D eigenvalue weighted by molar-refractivity contribution is 5.95. The fourth-order valence-corrected chi connectivity index (χ4v) is 3.03. The van der Waals surface area contributed by atoms with Gasteiger partial charge in [-0.05, 0) is 19.1 Å². The maximum atomic E-state index is 14.4. The van der Waals surface area contributed by atoms with Gasteiger partial charge in [0.25, 0.3) is 0 Å². The van der Waals surface area contributed by atoms with Crippen LogP contribution in [-0.4, -0.2) is 31.6 Å². The number of rotatable bonds is 4. The summed E-state index contributed by atoms with van der Waals surface area (Å²) in [4.78, 5) is 24.3. The lowest BCUT2D eigenvalue weighted by atomic mass is 9.93. The summed E-state index contributed by atoms with van der Waals surface area (Å²) in [5.41, 5.74) is 1.30. The maximum Gasteiger partial charge on any atom is 0.319 e. The Hall–Kier alpha value is -3.16. The first-order chi connectivity index (χ1) is 12.9. The lowest BCUT2D eigenvalue weighted by molar-refractivity contribution is -0.120. The number of aryl methyl sites for hydroxylation is 1. The predicted molar refractivity (Wildman–Crippen MR) is 95.8 cm³/mol. The van der Waals surface area contributed by atoms with Gasteiger partial charge in [0.2, 0.25) is 5.91 Å². The van der Waals surface area contributed by atoms with Gasteiger partial charge in [-0.15, -0.1) is 0 Å². The van der Waals surface area contributed by atoms with E-state index in [2.05, 4.69) is 16.0 Å². The smallest absolute Gasteiger partial charge is 0.319 e. The number of benzene rings is 2. The maximum absolute atomic E-state index is 14.4. The average Bonchev–Trinajstić information content (AvgIpc) is 2.97. The van der Waals surface area contributed by atoms with Crippen LogP contribution >= 0.6 is 0 Å². The third-order valence-corrected chi connectivity index (χ3v) is 4.44. The molecule has 1 aliphatic rings. The highest BCUT2D eigenvalue weighted by Gasteiger charge is 2.40. The van der Waals surface area contributed by atoms with Crippen LogP contribution in [0.2, 0.25) is 0 Å². The third-order valence-electron chi connectivity index (χ3n) is 4.44. The molecule has 27 heavy (non-hydrogen) atoms. The molecule has 1 fully saturated rings. The van der Waals surface area contributed by atoms with E-state index >= 15 is 0 Å². The zero-order valence-electron chi connectivity index (χ0n) is 14.8. The molecular weight excluding hydrogens is 356 g/mol. The zero-order valence-corrected chi connectivity index (χ0v) is 14.8. The monoisotopic (exact) mass is 375 g/mol. The molecule has 1 heterocycles. The summed E-state index contributed by atoms with van der Waals surface area (Å²) in [6.07, 6.45) is 0. The molecule has 0 aliphatic carbocycles. The molecule has 0 spiro atoms. The Morgan fingerprint density at radius 1 is 1.19 bits per heavy atom. The second-order valence-electron chi connectivity index (χ2n) is 6.30. The number of nitrogens with one attached hydrogen (secondary N) is 3. The van der Waals surface area contributed by atoms with Crippen LogP contribution in [0.5, 0.6) is 5.75 Å². The highest BCUT2D eigenvalue weighted by atomic mass is 19.1. The molecule has 3 amide bonds. The summed E-state index contributed by atoms with van der Waals surface area (Å²) in [7, 11) is 1.30.